The second kappa shape index (κ2) is 6.41. The maximum atomic E-state index is 11.3. The Morgan fingerprint density at radius 3 is 2.95 bits per heavy atom. The van der Waals surface area contributed by atoms with Crippen LogP contribution in [0.2, 0.25) is 0 Å². The molecule has 2 heterocycles. The molecule has 0 atom stereocenters. The highest BCUT2D eigenvalue weighted by Gasteiger charge is 2.07. The van der Waals surface area contributed by atoms with E-state index in [-0.39, 0.29) is 23.8 Å². The third kappa shape index (κ3) is 3.60. The number of nitrogens with zero attached hydrogens (tertiary/aromatic N) is 6. The van der Waals surface area contributed by atoms with Gasteiger partial charge < -0.3 is 16.4 Å². The number of amides is 1. The number of hydrogen-bond donors (Lipinski definition) is 3. The number of carbonyl (C=O) groups is 1. The van der Waals surface area contributed by atoms with E-state index in [9.17, 15) is 4.79 Å². The molecule has 0 saturated heterocycles. The summed E-state index contributed by atoms with van der Waals surface area (Å²) in [5.74, 6) is 0.562. The molecular weight excluding hydrogens is 262 g/mol. The molecule has 106 valence electrons. The average molecular weight is 277 g/mol. The molecule has 2 rings (SSSR count). The molecule has 0 aromatic carbocycles. The third-order valence-corrected chi connectivity index (χ3v) is 2.27. The zero-order valence-corrected chi connectivity index (χ0v) is 10.9. The zero-order chi connectivity index (χ0) is 14.4. The molecule has 20 heavy (non-hydrogen) atoms. The fraction of sp³-hybridized carbons (Fsp3) is 0.400. The highest BCUT2D eigenvalue weighted by Crippen LogP contribution is 2.05. The topological polar surface area (TPSA) is 137 Å². The van der Waals surface area contributed by atoms with Crippen molar-refractivity contribution in [1.82, 2.24) is 35.0 Å². The number of carbonyl (C=O) groups excluding carboxylic acids is 1. The van der Waals surface area contributed by atoms with Crippen LogP contribution in [0.15, 0.2) is 12.7 Å². The minimum Gasteiger partial charge on any atom is -0.368 e. The minimum absolute atomic E-state index is 0.0430. The van der Waals surface area contributed by atoms with E-state index < -0.39 is 0 Å². The lowest BCUT2D eigenvalue weighted by atomic mass is 10.4. The first-order chi connectivity index (χ1) is 9.69. The Kier molecular flexibility index (Phi) is 4.37. The quantitative estimate of drug-likeness (QED) is 0.609. The van der Waals surface area contributed by atoms with E-state index in [4.69, 9.17) is 5.73 Å². The van der Waals surface area contributed by atoms with Gasteiger partial charge >= 0.3 is 0 Å². The summed E-state index contributed by atoms with van der Waals surface area (Å²) in [6.07, 6.45) is 3.13. The molecule has 1 amide bonds. The van der Waals surface area contributed by atoms with Gasteiger partial charge in [0.2, 0.25) is 17.8 Å². The molecule has 0 aliphatic rings. The van der Waals surface area contributed by atoms with Crippen molar-refractivity contribution in [3.8, 4) is 5.95 Å². The largest absolute Gasteiger partial charge is 0.368 e. The Morgan fingerprint density at radius 1 is 1.40 bits per heavy atom. The lowest BCUT2D eigenvalue weighted by Crippen LogP contribution is -2.25. The van der Waals surface area contributed by atoms with Crippen LogP contribution in [0.4, 0.5) is 11.9 Å². The first-order valence-corrected chi connectivity index (χ1v) is 6.06. The van der Waals surface area contributed by atoms with E-state index in [0.29, 0.717) is 19.5 Å². The van der Waals surface area contributed by atoms with Crippen molar-refractivity contribution < 1.29 is 4.79 Å². The third-order valence-electron chi connectivity index (χ3n) is 2.27. The van der Waals surface area contributed by atoms with Gasteiger partial charge in [0.1, 0.15) is 12.7 Å². The summed E-state index contributed by atoms with van der Waals surface area (Å²) in [4.78, 5) is 27.1. The molecule has 4 N–H and O–H groups in total. The lowest BCUT2D eigenvalue weighted by Gasteiger charge is -2.06. The second-order valence-corrected chi connectivity index (χ2v) is 3.79. The van der Waals surface area contributed by atoms with Gasteiger partial charge in [-0.1, -0.05) is 0 Å². The molecule has 2 aromatic rings. The number of aromatic nitrogens is 6. The molecule has 2 aromatic heterocycles. The Hall–Kier alpha value is -2.78. The summed E-state index contributed by atoms with van der Waals surface area (Å²) in [6.45, 7) is 2.86. The fourth-order valence-electron chi connectivity index (χ4n) is 1.45. The lowest BCUT2D eigenvalue weighted by molar-refractivity contribution is -0.120. The standard InChI is InChI=1S/C10H15N9O/c1-2-13-7(20)3-4-14-9-16-8(11)17-10(18-9)19-6-12-5-15-19/h5-6H,2-4H2,1H3,(H,13,20)(H3,11,14,16,17,18). The maximum Gasteiger partial charge on any atom is 0.258 e. The summed E-state index contributed by atoms with van der Waals surface area (Å²) in [5, 5.41) is 9.52. The van der Waals surface area contributed by atoms with E-state index in [0.717, 1.165) is 0 Å². The van der Waals surface area contributed by atoms with Gasteiger partial charge in [0.15, 0.2) is 0 Å². The number of nitrogens with one attached hydrogen (secondary N) is 2. The van der Waals surface area contributed by atoms with Crippen molar-refractivity contribution >= 4 is 17.8 Å². The summed E-state index contributed by atoms with van der Waals surface area (Å²) >= 11 is 0. The van der Waals surface area contributed by atoms with Gasteiger partial charge in [-0.15, -0.1) is 0 Å². The molecule has 0 unspecified atom stereocenters. The molecular formula is C10H15N9O. The Bertz CT molecular complexity index is 568. The summed E-state index contributed by atoms with van der Waals surface area (Å²) < 4.78 is 1.37. The Labute approximate surface area is 114 Å². The van der Waals surface area contributed by atoms with Gasteiger partial charge in [-0.3, -0.25) is 4.79 Å². The second-order valence-electron chi connectivity index (χ2n) is 3.79. The van der Waals surface area contributed by atoms with Gasteiger partial charge in [-0.25, -0.2) is 4.98 Å². The van der Waals surface area contributed by atoms with Crippen LogP contribution in [0, 0.1) is 0 Å². The van der Waals surface area contributed by atoms with Crippen molar-refractivity contribution in [1.29, 1.82) is 0 Å². The molecule has 10 nitrogen and oxygen atoms in total. The molecule has 0 aliphatic heterocycles. The smallest absolute Gasteiger partial charge is 0.258 e. The highest BCUT2D eigenvalue weighted by molar-refractivity contribution is 5.76. The van der Waals surface area contributed by atoms with Gasteiger partial charge in [0.25, 0.3) is 5.95 Å². The van der Waals surface area contributed by atoms with Crippen LogP contribution >= 0.6 is 0 Å². The van der Waals surface area contributed by atoms with E-state index >= 15 is 0 Å². The van der Waals surface area contributed by atoms with Gasteiger partial charge in [0, 0.05) is 19.5 Å². The molecule has 0 radical (unpaired) electrons. The number of anilines is 2. The van der Waals surface area contributed by atoms with Crippen molar-refractivity contribution in [2.75, 3.05) is 24.1 Å². The fourth-order valence-corrected chi connectivity index (χ4v) is 1.45. The van der Waals surface area contributed by atoms with Crippen LogP contribution in [0.25, 0.3) is 5.95 Å². The number of hydrogen-bond acceptors (Lipinski definition) is 8. The molecule has 0 fully saturated rings. The van der Waals surface area contributed by atoms with E-state index in [1.54, 1.807) is 0 Å². The average Bonchev–Trinajstić information content (AvgIpc) is 2.92. The summed E-state index contributed by atoms with van der Waals surface area (Å²) in [5.41, 5.74) is 5.60. The van der Waals surface area contributed by atoms with Crippen LogP contribution in [0.3, 0.4) is 0 Å². The van der Waals surface area contributed by atoms with Crippen molar-refractivity contribution in [2.24, 2.45) is 0 Å². The molecule has 10 heteroatoms. The van der Waals surface area contributed by atoms with Crippen LogP contribution in [-0.2, 0) is 4.79 Å². The van der Waals surface area contributed by atoms with Crippen molar-refractivity contribution in [2.45, 2.75) is 13.3 Å². The highest BCUT2D eigenvalue weighted by atomic mass is 16.1. The van der Waals surface area contributed by atoms with E-state index in [1.807, 2.05) is 6.92 Å². The maximum absolute atomic E-state index is 11.3. The first kappa shape index (κ1) is 13.6. The van der Waals surface area contributed by atoms with Crippen LogP contribution in [0.1, 0.15) is 13.3 Å². The number of nitrogens with two attached hydrogens (primary N) is 1. The Balaban J connectivity index is 2.00. The molecule has 0 aliphatic carbocycles. The Morgan fingerprint density at radius 2 is 2.25 bits per heavy atom. The van der Waals surface area contributed by atoms with Gasteiger partial charge in [0.05, 0.1) is 0 Å². The van der Waals surface area contributed by atoms with Gasteiger partial charge in [-0.05, 0) is 6.92 Å². The summed E-state index contributed by atoms with van der Waals surface area (Å²) in [6, 6.07) is 0. The molecule has 0 saturated carbocycles. The summed E-state index contributed by atoms with van der Waals surface area (Å²) in [7, 11) is 0. The van der Waals surface area contributed by atoms with E-state index in [1.165, 1.54) is 17.3 Å². The van der Waals surface area contributed by atoms with Crippen LogP contribution in [-0.4, -0.2) is 48.7 Å². The first-order valence-electron chi connectivity index (χ1n) is 6.06. The van der Waals surface area contributed by atoms with Crippen LogP contribution < -0.4 is 16.4 Å². The predicted octanol–water partition coefficient (Wildman–Crippen LogP) is -1.03. The zero-order valence-electron chi connectivity index (χ0n) is 10.9. The monoisotopic (exact) mass is 277 g/mol. The van der Waals surface area contributed by atoms with Crippen molar-refractivity contribution in [3.63, 3.8) is 0 Å². The number of nitrogen functional groups attached to an aromatic ring is 1. The van der Waals surface area contributed by atoms with Crippen molar-refractivity contribution in [3.05, 3.63) is 12.7 Å². The molecule has 0 spiro atoms. The minimum atomic E-state index is -0.0430. The number of rotatable bonds is 6. The van der Waals surface area contributed by atoms with E-state index in [2.05, 4.69) is 35.7 Å². The van der Waals surface area contributed by atoms with Crippen LogP contribution in [0.5, 0.6) is 0 Å². The SMILES string of the molecule is CCNC(=O)CCNc1nc(N)nc(-n2cncn2)n1. The molecule has 0 bridgehead atoms. The normalized spacial score (nSPS) is 10.2. The predicted molar refractivity (Wildman–Crippen MR) is 70.9 cm³/mol. The van der Waals surface area contributed by atoms with Gasteiger partial charge in [-0.2, -0.15) is 24.7 Å².